The van der Waals surface area contributed by atoms with E-state index in [-0.39, 0.29) is 6.61 Å². The number of rotatable bonds is 6. The molecule has 0 fully saturated rings. The summed E-state index contributed by atoms with van der Waals surface area (Å²) in [6, 6.07) is 19.0. The average Bonchev–Trinajstić information content (AvgIpc) is 2.48. The Bertz CT molecular complexity index is 487. The Hall–Kier alpha value is -1.84. The van der Waals surface area contributed by atoms with Crippen LogP contribution in [0.4, 0.5) is 0 Å². The summed E-state index contributed by atoms with van der Waals surface area (Å²) in [4.78, 5) is 0. The van der Waals surface area contributed by atoms with E-state index < -0.39 is 5.60 Å². The van der Waals surface area contributed by atoms with Gasteiger partial charge in [0.2, 0.25) is 0 Å². The maximum Gasteiger partial charge on any atom is 0.125 e. The first kappa shape index (κ1) is 13.6. The van der Waals surface area contributed by atoms with Crippen LogP contribution < -0.4 is 10.5 Å². The molecule has 0 bridgehead atoms. The molecule has 0 aliphatic carbocycles. The van der Waals surface area contributed by atoms with Gasteiger partial charge in [-0.2, -0.15) is 0 Å². The maximum atomic E-state index is 10.7. The van der Waals surface area contributed by atoms with Crippen LogP contribution in [0.2, 0.25) is 0 Å². The lowest BCUT2D eigenvalue weighted by atomic mass is 9.91. The van der Waals surface area contributed by atoms with E-state index >= 15 is 0 Å². The molecule has 1 atom stereocenters. The topological polar surface area (TPSA) is 55.5 Å². The first-order valence-electron chi connectivity index (χ1n) is 6.40. The van der Waals surface area contributed by atoms with Crippen molar-refractivity contribution < 1.29 is 9.84 Å². The minimum Gasteiger partial charge on any atom is -0.490 e. The molecule has 0 heterocycles. The molecule has 2 aromatic rings. The molecule has 0 amide bonds. The third kappa shape index (κ3) is 3.56. The van der Waals surface area contributed by atoms with Gasteiger partial charge in [0.25, 0.3) is 0 Å². The smallest absolute Gasteiger partial charge is 0.125 e. The third-order valence-electron chi connectivity index (χ3n) is 3.09. The average molecular weight is 257 g/mol. The quantitative estimate of drug-likeness (QED) is 0.835. The summed E-state index contributed by atoms with van der Waals surface area (Å²) in [7, 11) is 0. The molecule has 0 aliphatic rings. The highest BCUT2D eigenvalue weighted by Crippen LogP contribution is 2.25. The normalized spacial score (nSPS) is 13.8. The highest BCUT2D eigenvalue weighted by atomic mass is 16.5. The van der Waals surface area contributed by atoms with Crippen molar-refractivity contribution in [3.8, 4) is 5.75 Å². The van der Waals surface area contributed by atoms with Gasteiger partial charge in [0, 0.05) is 0 Å². The molecule has 0 radical (unpaired) electrons. The van der Waals surface area contributed by atoms with E-state index in [2.05, 4.69) is 0 Å². The second-order valence-electron chi connectivity index (χ2n) is 4.54. The zero-order valence-corrected chi connectivity index (χ0v) is 10.8. The van der Waals surface area contributed by atoms with Gasteiger partial charge in [0.15, 0.2) is 0 Å². The van der Waals surface area contributed by atoms with E-state index in [1.54, 1.807) is 0 Å². The molecule has 3 heteroatoms. The van der Waals surface area contributed by atoms with Gasteiger partial charge in [-0.05, 0) is 30.7 Å². The van der Waals surface area contributed by atoms with Gasteiger partial charge in [-0.3, -0.25) is 0 Å². The van der Waals surface area contributed by atoms with Gasteiger partial charge in [0.05, 0.1) is 0 Å². The molecule has 19 heavy (non-hydrogen) atoms. The van der Waals surface area contributed by atoms with Crippen LogP contribution in [-0.2, 0) is 5.60 Å². The SMILES string of the molecule is NCCC(O)(COc1ccccc1)c1ccccc1. The van der Waals surface area contributed by atoms with Gasteiger partial charge in [-0.25, -0.2) is 0 Å². The van der Waals surface area contributed by atoms with Gasteiger partial charge in [-0.15, -0.1) is 0 Å². The third-order valence-corrected chi connectivity index (χ3v) is 3.09. The summed E-state index contributed by atoms with van der Waals surface area (Å²) in [6.45, 7) is 0.599. The summed E-state index contributed by atoms with van der Waals surface area (Å²) >= 11 is 0. The standard InChI is InChI=1S/C16H19NO2/c17-12-11-16(18,14-7-3-1-4-8-14)13-19-15-9-5-2-6-10-15/h1-10,18H,11-13,17H2. The Kier molecular flexibility index (Phi) is 4.55. The first-order chi connectivity index (χ1) is 9.24. The number of hydrogen-bond donors (Lipinski definition) is 2. The fraction of sp³-hybridized carbons (Fsp3) is 0.250. The van der Waals surface area contributed by atoms with Gasteiger partial charge in [0.1, 0.15) is 18.0 Å². The molecule has 0 saturated heterocycles. The molecule has 1 unspecified atom stereocenters. The number of para-hydroxylation sites is 1. The van der Waals surface area contributed by atoms with Gasteiger partial charge in [-0.1, -0.05) is 48.5 Å². The van der Waals surface area contributed by atoms with Crippen LogP contribution in [0.25, 0.3) is 0 Å². The molecular weight excluding hydrogens is 238 g/mol. The lowest BCUT2D eigenvalue weighted by Crippen LogP contribution is -2.35. The van der Waals surface area contributed by atoms with E-state index in [1.165, 1.54) is 0 Å². The van der Waals surface area contributed by atoms with Crippen molar-refractivity contribution in [1.82, 2.24) is 0 Å². The Morgan fingerprint density at radius 2 is 1.53 bits per heavy atom. The van der Waals surface area contributed by atoms with Crippen molar-refractivity contribution in [2.75, 3.05) is 13.2 Å². The monoisotopic (exact) mass is 257 g/mol. The van der Waals surface area contributed by atoms with Crippen molar-refractivity contribution in [3.05, 3.63) is 66.2 Å². The lowest BCUT2D eigenvalue weighted by Gasteiger charge is -2.28. The van der Waals surface area contributed by atoms with Crippen LogP contribution in [0.1, 0.15) is 12.0 Å². The van der Waals surface area contributed by atoms with Crippen LogP contribution >= 0.6 is 0 Å². The second kappa shape index (κ2) is 6.36. The van der Waals surface area contributed by atoms with Crippen LogP contribution in [0.15, 0.2) is 60.7 Å². The molecular formula is C16H19NO2. The summed E-state index contributed by atoms with van der Waals surface area (Å²) in [5.74, 6) is 0.744. The number of ether oxygens (including phenoxy) is 1. The van der Waals surface area contributed by atoms with Crippen LogP contribution in [0.5, 0.6) is 5.75 Å². The fourth-order valence-corrected chi connectivity index (χ4v) is 2.01. The summed E-state index contributed by atoms with van der Waals surface area (Å²) in [6.07, 6.45) is 0.462. The van der Waals surface area contributed by atoms with Crippen LogP contribution in [-0.4, -0.2) is 18.3 Å². The van der Waals surface area contributed by atoms with Gasteiger partial charge < -0.3 is 15.6 Å². The summed E-state index contributed by atoms with van der Waals surface area (Å²) in [5, 5.41) is 10.7. The number of hydrogen-bond acceptors (Lipinski definition) is 3. The number of aliphatic hydroxyl groups is 1. The van der Waals surface area contributed by atoms with E-state index in [4.69, 9.17) is 10.5 Å². The minimum absolute atomic E-state index is 0.193. The molecule has 3 N–H and O–H groups in total. The number of benzene rings is 2. The molecule has 2 rings (SSSR count). The molecule has 100 valence electrons. The van der Waals surface area contributed by atoms with Crippen LogP contribution in [0.3, 0.4) is 0 Å². The lowest BCUT2D eigenvalue weighted by molar-refractivity contribution is -0.0149. The summed E-state index contributed by atoms with van der Waals surface area (Å²) < 4.78 is 5.67. The van der Waals surface area contributed by atoms with Crippen LogP contribution in [0, 0.1) is 0 Å². The van der Waals surface area contributed by atoms with Crippen molar-refractivity contribution in [2.24, 2.45) is 5.73 Å². The maximum absolute atomic E-state index is 10.7. The predicted molar refractivity (Wildman–Crippen MR) is 75.9 cm³/mol. The van der Waals surface area contributed by atoms with E-state index in [0.29, 0.717) is 13.0 Å². The molecule has 0 aliphatic heterocycles. The van der Waals surface area contributed by atoms with E-state index in [9.17, 15) is 5.11 Å². The fourth-order valence-electron chi connectivity index (χ4n) is 2.01. The zero-order valence-electron chi connectivity index (χ0n) is 10.8. The molecule has 0 spiro atoms. The van der Waals surface area contributed by atoms with Crippen molar-refractivity contribution >= 4 is 0 Å². The van der Waals surface area contributed by atoms with Crippen molar-refractivity contribution in [2.45, 2.75) is 12.0 Å². The van der Waals surface area contributed by atoms with Crippen molar-refractivity contribution in [1.29, 1.82) is 0 Å². The predicted octanol–water partition coefficient (Wildman–Crippen LogP) is 2.30. The molecule has 0 saturated carbocycles. The van der Waals surface area contributed by atoms with E-state index in [1.807, 2.05) is 60.7 Å². The highest BCUT2D eigenvalue weighted by molar-refractivity contribution is 5.24. The Morgan fingerprint density at radius 3 is 2.11 bits per heavy atom. The Labute approximate surface area is 113 Å². The molecule has 2 aromatic carbocycles. The Morgan fingerprint density at radius 1 is 0.947 bits per heavy atom. The Balaban J connectivity index is 2.12. The number of nitrogens with two attached hydrogens (primary N) is 1. The minimum atomic E-state index is -1.05. The highest BCUT2D eigenvalue weighted by Gasteiger charge is 2.29. The molecule has 0 aromatic heterocycles. The first-order valence-corrected chi connectivity index (χ1v) is 6.40. The molecule has 3 nitrogen and oxygen atoms in total. The second-order valence-corrected chi connectivity index (χ2v) is 4.54. The summed E-state index contributed by atoms with van der Waals surface area (Å²) in [5.41, 5.74) is 5.39. The van der Waals surface area contributed by atoms with E-state index in [0.717, 1.165) is 11.3 Å². The van der Waals surface area contributed by atoms with Crippen molar-refractivity contribution in [3.63, 3.8) is 0 Å². The zero-order chi connectivity index (χ0) is 13.6. The largest absolute Gasteiger partial charge is 0.490 e. The van der Waals surface area contributed by atoms with Gasteiger partial charge >= 0.3 is 0 Å².